The summed E-state index contributed by atoms with van der Waals surface area (Å²) in [6.45, 7) is 4.46. The van der Waals surface area contributed by atoms with Gasteiger partial charge in [0.1, 0.15) is 5.69 Å². The quantitative estimate of drug-likeness (QED) is 0.578. The van der Waals surface area contributed by atoms with Gasteiger partial charge in [-0.1, -0.05) is 26.0 Å². The maximum absolute atomic E-state index is 4.63. The molecule has 0 aliphatic carbocycles. The fourth-order valence-corrected chi connectivity index (χ4v) is 3.52. The minimum absolute atomic E-state index is 0.649. The second kappa shape index (κ2) is 8.21. The van der Waals surface area contributed by atoms with Gasteiger partial charge in [-0.15, -0.1) is 0 Å². The molecule has 130 valence electrons. The van der Waals surface area contributed by atoms with Crippen molar-refractivity contribution in [1.29, 1.82) is 0 Å². The molecule has 25 heavy (non-hydrogen) atoms. The Morgan fingerprint density at radius 1 is 1.00 bits per heavy atom. The largest absolute Gasteiger partial charge is 0.330 e. The molecule has 1 aromatic carbocycles. The van der Waals surface area contributed by atoms with Gasteiger partial charge in [0.25, 0.3) is 0 Å². The molecule has 0 saturated heterocycles. The molecule has 0 saturated carbocycles. The van der Waals surface area contributed by atoms with Gasteiger partial charge in [-0.05, 0) is 54.6 Å². The van der Waals surface area contributed by atoms with Crippen LogP contribution in [0.3, 0.4) is 0 Å². The van der Waals surface area contributed by atoms with Crippen molar-refractivity contribution >= 4 is 17.6 Å². The maximum atomic E-state index is 4.63. The van der Waals surface area contributed by atoms with Crippen molar-refractivity contribution in [2.24, 2.45) is 7.05 Å². The molecular weight excluding hydrogens is 328 g/mol. The van der Waals surface area contributed by atoms with E-state index in [1.807, 2.05) is 35.8 Å². The molecule has 0 radical (unpaired) electrons. The third-order valence-electron chi connectivity index (χ3n) is 4.23. The van der Waals surface area contributed by atoms with Crippen LogP contribution in [0.25, 0.3) is 22.4 Å². The molecule has 1 N–H and O–H groups in total. The SMILES string of the molecule is CCC(CC)SNc1ccc(-c2cn(C)nc2-c2ccncc2)cc1. The van der Waals surface area contributed by atoms with E-state index in [0.717, 1.165) is 28.1 Å². The van der Waals surface area contributed by atoms with E-state index in [0.29, 0.717) is 5.25 Å². The van der Waals surface area contributed by atoms with Gasteiger partial charge >= 0.3 is 0 Å². The smallest absolute Gasteiger partial charge is 0.100 e. The summed E-state index contributed by atoms with van der Waals surface area (Å²) in [4.78, 5) is 4.10. The Kier molecular flexibility index (Phi) is 5.76. The Morgan fingerprint density at radius 2 is 1.68 bits per heavy atom. The fourth-order valence-electron chi connectivity index (χ4n) is 2.75. The highest BCUT2D eigenvalue weighted by Gasteiger charge is 2.12. The second-order valence-corrected chi connectivity index (χ2v) is 7.14. The Bertz CT molecular complexity index is 792. The summed E-state index contributed by atoms with van der Waals surface area (Å²) in [6.07, 6.45) is 8.03. The molecule has 3 rings (SSSR count). The van der Waals surface area contributed by atoms with Crippen LogP contribution in [0.2, 0.25) is 0 Å². The number of anilines is 1. The molecule has 0 amide bonds. The van der Waals surface area contributed by atoms with Crippen LogP contribution in [0, 0.1) is 0 Å². The van der Waals surface area contributed by atoms with Crippen LogP contribution in [0.4, 0.5) is 5.69 Å². The van der Waals surface area contributed by atoms with Gasteiger partial charge < -0.3 is 4.72 Å². The summed E-state index contributed by atoms with van der Waals surface area (Å²) < 4.78 is 5.33. The molecule has 5 heteroatoms. The molecule has 2 heterocycles. The van der Waals surface area contributed by atoms with Crippen molar-refractivity contribution in [2.75, 3.05) is 4.72 Å². The summed E-state index contributed by atoms with van der Waals surface area (Å²) in [5.74, 6) is 0. The van der Waals surface area contributed by atoms with Crippen LogP contribution >= 0.6 is 11.9 Å². The minimum atomic E-state index is 0.649. The van der Waals surface area contributed by atoms with Crippen LogP contribution < -0.4 is 4.72 Å². The number of aryl methyl sites for hydroxylation is 1. The number of benzene rings is 1. The Hall–Kier alpha value is -2.27. The highest BCUT2D eigenvalue weighted by atomic mass is 32.2. The monoisotopic (exact) mass is 352 g/mol. The van der Waals surface area contributed by atoms with E-state index in [-0.39, 0.29) is 0 Å². The molecule has 0 spiro atoms. The Labute approximate surface area is 153 Å². The highest BCUT2D eigenvalue weighted by molar-refractivity contribution is 8.01. The lowest BCUT2D eigenvalue weighted by Crippen LogP contribution is -2.02. The molecular formula is C20H24N4S. The molecule has 0 atom stereocenters. The summed E-state index contributed by atoms with van der Waals surface area (Å²) in [6, 6.07) is 12.6. The van der Waals surface area contributed by atoms with E-state index in [1.165, 1.54) is 12.8 Å². The molecule has 4 nitrogen and oxygen atoms in total. The predicted molar refractivity (Wildman–Crippen MR) is 107 cm³/mol. The molecule has 2 aromatic heterocycles. The zero-order valence-corrected chi connectivity index (χ0v) is 15.8. The van der Waals surface area contributed by atoms with Crippen LogP contribution in [0.15, 0.2) is 55.0 Å². The van der Waals surface area contributed by atoms with Crippen LogP contribution in [-0.4, -0.2) is 20.0 Å². The van der Waals surface area contributed by atoms with E-state index in [9.17, 15) is 0 Å². The number of nitrogens with zero attached hydrogens (tertiary/aromatic N) is 3. The van der Waals surface area contributed by atoms with E-state index in [1.54, 1.807) is 12.4 Å². The van der Waals surface area contributed by atoms with Crippen molar-refractivity contribution in [3.8, 4) is 22.4 Å². The third kappa shape index (κ3) is 4.23. The van der Waals surface area contributed by atoms with Gasteiger partial charge in [-0.3, -0.25) is 9.67 Å². The first kappa shape index (κ1) is 17.5. The van der Waals surface area contributed by atoms with Gasteiger partial charge in [-0.25, -0.2) is 0 Å². The average Bonchev–Trinajstić information content (AvgIpc) is 3.05. The lowest BCUT2D eigenvalue weighted by molar-refractivity contribution is 0.771. The molecule has 0 unspecified atom stereocenters. The van der Waals surface area contributed by atoms with E-state index < -0.39 is 0 Å². The molecule has 0 aliphatic rings. The van der Waals surface area contributed by atoms with Crippen molar-refractivity contribution in [1.82, 2.24) is 14.8 Å². The number of rotatable bonds is 7. The lowest BCUT2D eigenvalue weighted by Gasteiger charge is -2.13. The van der Waals surface area contributed by atoms with Gasteiger partial charge in [0.15, 0.2) is 0 Å². The van der Waals surface area contributed by atoms with Crippen LogP contribution in [0.5, 0.6) is 0 Å². The zero-order chi connectivity index (χ0) is 17.6. The number of hydrogen-bond acceptors (Lipinski definition) is 4. The number of nitrogens with one attached hydrogen (secondary N) is 1. The first-order chi connectivity index (χ1) is 12.2. The van der Waals surface area contributed by atoms with E-state index >= 15 is 0 Å². The topological polar surface area (TPSA) is 42.7 Å². The zero-order valence-electron chi connectivity index (χ0n) is 14.9. The highest BCUT2D eigenvalue weighted by Crippen LogP contribution is 2.31. The Morgan fingerprint density at radius 3 is 2.32 bits per heavy atom. The maximum Gasteiger partial charge on any atom is 0.100 e. The van der Waals surface area contributed by atoms with Crippen molar-refractivity contribution in [2.45, 2.75) is 31.9 Å². The molecule has 0 aliphatic heterocycles. The average molecular weight is 353 g/mol. The second-order valence-electron chi connectivity index (χ2n) is 6.04. The fraction of sp³-hybridized carbons (Fsp3) is 0.300. The Balaban J connectivity index is 1.81. The van der Waals surface area contributed by atoms with Gasteiger partial charge in [0.05, 0.1) is 0 Å². The molecule has 0 fully saturated rings. The van der Waals surface area contributed by atoms with Crippen molar-refractivity contribution in [3.63, 3.8) is 0 Å². The normalized spacial score (nSPS) is 11.0. The minimum Gasteiger partial charge on any atom is -0.330 e. The summed E-state index contributed by atoms with van der Waals surface area (Å²) >= 11 is 1.81. The first-order valence-corrected chi connectivity index (χ1v) is 9.55. The number of aromatic nitrogens is 3. The van der Waals surface area contributed by atoms with Gasteiger partial charge in [-0.2, -0.15) is 5.10 Å². The standard InChI is InChI=1S/C20H24N4S/c1-4-18(5-2)25-23-17-8-6-15(7-9-17)19-14-24(3)22-20(19)16-10-12-21-13-11-16/h6-14,18,23H,4-5H2,1-3H3. The van der Waals surface area contributed by atoms with Crippen LogP contribution in [-0.2, 0) is 7.05 Å². The summed E-state index contributed by atoms with van der Waals surface area (Å²) in [7, 11) is 1.95. The summed E-state index contributed by atoms with van der Waals surface area (Å²) in [5, 5.41) is 5.28. The predicted octanol–water partition coefficient (Wildman–Crippen LogP) is 5.40. The van der Waals surface area contributed by atoms with Gasteiger partial charge in [0.2, 0.25) is 0 Å². The molecule has 3 aromatic rings. The van der Waals surface area contributed by atoms with E-state index in [4.69, 9.17) is 0 Å². The number of hydrogen-bond donors (Lipinski definition) is 1. The summed E-state index contributed by atoms with van der Waals surface area (Å²) in [5.41, 5.74) is 5.50. The van der Waals surface area contributed by atoms with Crippen LogP contribution in [0.1, 0.15) is 26.7 Å². The number of pyridine rings is 1. The lowest BCUT2D eigenvalue weighted by atomic mass is 10.0. The first-order valence-electron chi connectivity index (χ1n) is 8.67. The van der Waals surface area contributed by atoms with Crippen molar-refractivity contribution < 1.29 is 0 Å². The van der Waals surface area contributed by atoms with Gasteiger partial charge in [0, 0.05) is 47.7 Å². The molecule has 0 bridgehead atoms. The third-order valence-corrected chi connectivity index (χ3v) is 5.59. The van der Waals surface area contributed by atoms with E-state index in [2.05, 4.69) is 59.1 Å². The van der Waals surface area contributed by atoms with Crippen molar-refractivity contribution in [3.05, 3.63) is 55.0 Å².